The van der Waals surface area contributed by atoms with Crippen molar-refractivity contribution in [1.82, 2.24) is 0 Å². The van der Waals surface area contributed by atoms with Crippen molar-refractivity contribution in [3.63, 3.8) is 0 Å². The normalized spacial score (nSPS) is 10.2. The number of rotatable bonds is 6. The highest BCUT2D eigenvalue weighted by molar-refractivity contribution is 9.10. The monoisotopic (exact) mass is 335 g/mol. The van der Waals surface area contributed by atoms with Crippen LogP contribution in [0.2, 0.25) is 5.02 Å². The van der Waals surface area contributed by atoms with E-state index in [1.807, 2.05) is 6.92 Å². The first-order chi connectivity index (χ1) is 8.58. The lowest BCUT2D eigenvalue weighted by atomic mass is 10.2. The molecule has 0 aliphatic rings. The molecule has 1 rings (SSSR count). The van der Waals surface area contributed by atoms with Gasteiger partial charge in [0.1, 0.15) is 0 Å². The number of anilines is 1. The largest absolute Gasteiger partial charge is 0.491 e. The molecular formula is C12H15BrClNO3. The number of benzene rings is 1. The third kappa shape index (κ3) is 4.48. The third-order valence-corrected chi connectivity index (χ3v) is 2.91. The number of hydrogen-bond donors (Lipinski definition) is 1. The molecular weight excluding hydrogens is 321 g/mol. The second-order valence-corrected chi connectivity index (χ2v) is 4.78. The molecule has 4 nitrogen and oxygen atoms in total. The maximum atomic E-state index is 11.6. The van der Waals surface area contributed by atoms with E-state index in [-0.39, 0.29) is 12.3 Å². The predicted molar refractivity (Wildman–Crippen MR) is 75.4 cm³/mol. The summed E-state index contributed by atoms with van der Waals surface area (Å²) in [5, 5.41) is 3.27. The van der Waals surface area contributed by atoms with E-state index in [0.717, 1.165) is 0 Å². The number of ether oxygens (including phenoxy) is 2. The number of carbonyl (C=O) groups is 1. The Morgan fingerprint density at radius 1 is 1.50 bits per heavy atom. The van der Waals surface area contributed by atoms with Gasteiger partial charge in [-0.3, -0.25) is 4.79 Å². The highest BCUT2D eigenvalue weighted by Crippen LogP contribution is 2.36. The first kappa shape index (κ1) is 15.3. The summed E-state index contributed by atoms with van der Waals surface area (Å²) in [5.74, 6) is 0.430. The summed E-state index contributed by atoms with van der Waals surface area (Å²) in [4.78, 5) is 11.6. The summed E-state index contributed by atoms with van der Waals surface area (Å²) in [7, 11) is 1.55. The van der Waals surface area contributed by atoms with Crippen LogP contribution in [0.5, 0.6) is 5.75 Å². The van der Waals surface area contributed by atoms with Gasteiger partial charge in [-0.25, -0.2) is 0 Å². The van der Waals surface area contributed by atoms with E-state index in [2.05, 4.69) is 21.2 Å². The maximum Gasteiger partial charge on any atom is 0.226 e. The van der Waals surface area contributed by atoms with Crippen molar-refractivity contribution in [2.24, 2.45) is 0 Å². The standard InChI is InChI=1S/C12H15BrClNO3/c1-3-18-12-9(13)6-8(14)7-10(12)15-11(16)4-5-17-2/h6-7H,3-5H2,1-2H3,(H,15,16). The Morgan fingerprint density at radius 3 is 2.83 bits per heavy atom. The van der Waals surface area contributed by atoms with Crippen LogP contribution in [-0.2, 0) is 9.53 Å². The van der Waals surface area contributed by atoms with Gasteiger partial charge < -0.3 is 14.8 Å². The Labute approximate surface area is 120 Å². The van der Waals surface area contributed by atoms with Gasteiger partial charge in [0.2, 0.25) is 5.91 Å². The van der Waals surface area contributed by atoms with Gasteiger partial charge in [-0.1, -0.05) is 11.6 Å². The molecule has 0 unspecified atom stereocenters. The minimum atomic E-state index is -0.146. The molecule has 0 saturated heterocycles. The highest BCUT2D eigenvalue weighted by atomic mass is 79.9. The van der Waals surface area contributed by atoms with Gasteiger partial charge >= 0.3 is 0 Å². The molecule has 0 spiro atoms. The Hall–Kier alpha value is -0.780. The lowest BCUT2D eigenvalue weighted by molar-refractivity contribution is -0.117. The number of amides is 1. The van der Waals surface area contributed by atoms with Gasteiger partial charge in [0, 0.05) is 12.1 Å². The van der Waals surface area contributed by atoms with Gasteiger partial charge in [-0.05, 0) is 35.0 Å². The molecule has 0 saturated carbocycles. The van der Waals surface area contributed by atoms with E-state index in [1.54, 1.807) is 19.2 Å². The third-order valence-electron chi connectivity index (χ3n) is 2.10. The zero-order valence-corrected chi connectivity index (χ0v) is 12.6. The number of hydrogen-bond acceptors (Lipinski definition) is 3. The molecule has 1 N–H and O–H groups in total. The van der Waals surface area contributed by atoms with Gasteiger partial charge in [0.15, 0.2) is 5.75 Å². The molecule has 1 aromatic rings. The summed E-state index contributed by atoms with van der Waals surface area (Å²) in [6, 6.07) is 3.37. The van der Waals surface area contributed by atoms with Gasteiger partial charge in [-0.2, -0.15) is 0 Å². The lowest BCUT2D eigenvalue weighted by Gasteiger charge is -2.13. The average Bonchev–Trinajstić information content (AvgIpc) is 2.31. The number of carbonyl (C=O) groups excluding carboxylic acids is 1. The van der Waals surface area contributed by atoms with E-state index in [1.165, 1.54) is 0 Å². The summed E-state index contributed by atoms with van der Waals surface area (Å²) in [6.07, 6.45) is 0.284. The molecule has 0 aliphatic carbocycles. The molecule has 1 amide bonds. The Morgan fingerprint density at radius 2 is 2.22 bits per heavy atom. The predicted octanol–water partition coefficient (Wildman–Crippen LogP) is 3.48. The Balaban J connectivity index is 2.88. The summed E-state index contributed by atoms with van der Waals surface area (Å²) < 4.78 is 11.0. The first-order valence-electron chi connectivity index (χ1n) is 5.49. The first-order valence-corrected chi connectivity index (χ1v) is 6.66. The lowest BCUT2D eigenvalue weighted by Crippen LogP contribution is -2.14. The molecule has 1 aromatic carbocycles. The molecule has 0 aromatic heterocycles. The minimum Gasteiger partial charge on any atom is -0.491 e. The van der Waals surface area contributed by atoms with Gasteiger partial charge in [0.05, 0.1) is 29.8 Å². The van der Waals surface area contributed by atoms with Crippen molar-refractivity contribution in [2.75, 3.05) is 25.6 Å². The molecule has 18 heavy (non-hydrogen) atoms. The fourth-order valence-corrected chi connectivity index (χ4v) is 2.28. The highest BCUT2D eigenvalue weighted by Gasteiger charge is 2.12. The van der Waals surface area contributed by atoms with E-state index >= 15 is 0 Å². The van der Waals surface area contributed by atoms with Crippen molar-refractivity contribution in [2.45, 2.75) is 13.3 Å². The fraction of sp³-hybridized carbons (Fsp3) is 0.417. The van der Waals surface area contributed by atoms with Crippen molar-refractivity contribution < 1.29 is 14.3 Å². The smallest absolute Gasteiger partial charge is 0.226 e. The van der Waals surface area contributed by atoms with Crippen LogP contribution in [0.4, 0.5) is 5.69 Å². The van der Waals surface area contributed by atoms with Crippen molar-refractivity contribution >= 4 is 39.1 Å². The number of halogens is 2. The van der Waals surface area contributed by atoms with Crippen LogP contribution >= 0.6 is 27.5 Å². The minimum absolute atomic E-state index is 0.146. The molecule has 100 valence electrons. The average molecular weight is 337 g/mol. The van der Waals surface area contributed by atoms with Crippen molar-refractivity contribution in [3.8, 4) is 5.75 Å². The Bertz CT molecular complexity index is 426. The van der Waals surface area contributed by atoms with Crippen LogP contribution in [0, 0.1) is 0 Å². The van der Waals surface area contributed by atoms with Crippen LogP contribution in [0.15, 0.2) is 16.6 Å². The van der Waals surface area contributed by atoms with Crippen LogP contribution in [0.25, 0.3) is 0 Å². The molecule has 0 radical (unpaired) electrons. The topological polar surface area (TPSA) is 47.6 Å². The molecule has 0 atom stereocenters. The molecule has 0 heterocycles. The summed E-state index contributed by atoms with van der Waals surface area (Å²) in [6.45, 7) is 2.75. The van der Waals surface area contributed by atoms with Crippen molar-refractivity contribution in [3.05, 3.63) is 21.6 Å². The SMILES string of the molecule is CCOc1c(Br)cc(Cl)cc1NC(=O)CCOC. The maximum absolute atomic E-state index is 11.6. The molecule has 0 bridgehead atoms. The van der Waals surface area contributed by atoms with Gasteiger partial charge in [-0.15, -0.1) is 0 Å². The molecule has 6 heteroatoms. The van der Waals surface area contributed by atoms with E-state index in [0.29, 0.717) is 34.1 Å². The van der Waals surface area contributed by atoms with Crippen LogP contribution in [-0.4, -0.2) is 26.2 Å². The zero-order chi connectivity index (χ0) is 13.5. The summed E-state index contributed by atoms with van der Waals surface area (Å²) >= 11 is 9.30. The quantitative estimate of drug-likeness (QED) is 0.865. The van der Waals surface area contributed by atoms with Crippen LogP contribution < -0.4 is 10.1 Å². The molecule has 0 fully saturated rings. The van der Waals surface area contributed by atoms with E-state index < -0.39 is 0 Å². The van der Waals surface area contributed by atoms with Gasteiger partial charge in [0.25, 0.3) is 0 Å². The number of methoxy groups -OCH3 is 1. The Kier molecular flexibility index (Phi) is 6.46. The molecule has 0 aliphatic heterocycles. The second kappa shape index (κ2) is 7.61. The fourth-order valence-electron chi connectivity index (χ4n) is 1.35. The second-order valence-electron chi connectivity index (χ2n) is 3.49. The summed E-state index contributed by atoms with van der Waals surface area (Å²) in [5.41, 5.74) is 0.553. The van der Waals surface area contributed by atoms with Crippen molar-refractivity contribution in [1.29, 1.82) is 0 Å². The van der Waals surface area contributed by atoms with E-state index in [4.69, 9.17) is 21.1 Å². The van der Waals surface area contributed by atoms with Crippen LogP contribution in [0.3, 0.4) is 0 Å². The zero-order valence-electron chi connectivity index (χ0n) is 10.3. The van der Waals surface area contributed by atoms with Crippen LogP contribution in [0.1, 0.15) is 13.3 Å². The number of nitrogens with one attached hydrogen (secondary N) is 1. The van der Waals surface area contributed by atoms with E-state index in [9.17, 15) is 4.79 Å².